The summed E-state index contributed by atoms with van der Waals surface area (Å²) < 4.78 is 6.75. The number of carbonyl (C=O) groups excluding carboxylic acids is 1. The van der Waals surface area contributed by atoms with Gasteiger partial charge in [-0.1, -0.05) is 46.7 Å². The highest BCUT2D eigenvalue weighted by Crippen LogP contribution is 2.36. The van der Waals surface area contributed by atoms with Crippen LogP contribution in [-0.2, 0) is 9.53 Å². The lowest BCUT2D eigenvalue weighted by Gasteiger charge is -2.23. The molecule has 0 N–H and O–H groups in total. The van der Waals surface area contributed by atoms with Gasteiger partial charge in [-0.3, -0.25) is 9.69 Å². The second-order valence-electron chi connectivity index (χ2n) is 7.59. The standard InChI is InChI=1S/C23H25ClN2O2S2/c1-15-5-8-18(9-6-15)29-13-11-20(27)26(14-17-4-3-12-28-17)23-25-21-16(2)7-10-19(24)22(21)30-23/h5-10,17H,3-4,11-14H2,1-2H3. The summed E-state index contributed by atoms with van der Waals surface area (Å²) in [6.45, 7) is 5.41. The molecule has 1 amide bonds. The molecule has 2 heterocycles. The van der Waals surface area contributed by atoms with Crippen LogP contribution in [0.2, 0.25) is 5.02 Å². The largest absolute Gasteiger partial charge is 0.376 e. The first-order chi connectivity index (χ1) is 14.5. The Morgan fingerprint density at radius 2 is 2.07 bits per heavy atom. The fourth-order valence-corrected chi connectivity index (χ4v) is 5.69. The van der Waals surface area contributed by atoms with E-state index in [0.717, 1.165) is 41.0 Å². The van der Waals surface area contributed by atoms with Crippen LogP contribution in [0.3, 0.4) is 0 Å². The van der Waals surface area contributed by atoms with Gasteiger partial charge in [-0.15, -0.1) is 11.8 Å². The lowest BCUT2D eigenvalue weighted by molar-refractivity contribution is -0.118. The van der Waals surface area contributed by atoms with E-state index in [1.807, 2.05) is 24.0 Å². The van der Waals surface area contributed by atoms with Crippen LogP contribution in [0, 0.1) is 13.8 Å². The average molecular weight is 461 g/mol. The van der Waals surface area contributed by atoms with Gasteiger partial charge in [0, 0.05) is 23.7 Å². The monoisotopic (exact) mass is 460 g/mol. The first-order valence-electron chi connectivity index (χ1n) is 10.2. The van der Waals surface area contributed by atoms with Crippen LogP contribution in [-0.4, -0.2) is 35.9 Å². The highest BCUT2D eigenvalue weighted by Gasteiger charge is 2.26. The van der Waals surface area contributed by atoms with Gasteiger partial charge in [0.2, 0.25) is 5.91 Å². The number of rotatable bonds is 7. The number of hydrogen-bond donors (Lipinski definition) is 0. The Morgan fingerprint density at radius 1 is 1.27 bits per heavy atom. The van der Waals surface area contributed by atoms with Gasteiger partial charge in [0.25, 0.3) is 0 Å². The van der Waals surface area contributed by atoms with Gasteiger partial charge in [0.05, 0.1) is 27.9 Å². The van der Waals surface area contributed by atoms with Gasteiger partial charge in [-0.05, 0) is 50.5 Å². The van der Waals surface area contributed by atoms with Crippen molar-refractivity contribution in [3.8, 4) is 0 Å². The van der Waals surface area contributed by atoms with E-state index in [-0.39, 0.29) is 12.0 Å². The van der Waals surface area contributed by atoms with E-state index in [4.69, 9.17) is 21.3 Å². The van der Waals surface area contributed by atoms with Crippen molar-refractivity contribution in [3.63, 3.8) is 0 Å². The van der Waals surface area contributed by atoms with Crippen LogP contribution >= 0.6 is 34.7 Å². The fraction of sp³-hybridized carbons (Fsp3) is 0.391. The minimum absolute atomic E-state index is 0.0716. The summed E-state index contributed by atoms with van der Waals surface area (Å²) in [7, 11) is 0. The number of aromatic nitrogens is 1. The van der Waals surface area contributed by atoms with E-state index < -0.39 is 0 Å². The van der Waals surface area contributed by atoms with Crippen molar-refractivity contribution < 1.29 is 9.53 Å². The van der Waals surface area contributed by atoms with E-state index >= 15 is 0 Å². The Hall–Kier alpha value is -1.60. The maximum atomic E-state index is 13.2. The zero-order valence-electron chi connectivity index (χ0n) is 17.2. The van der Waals surface area contributed by atoms with Crippen molar-refractivity contribution in [2.24, 2.45) is 0 Å². The van der Waals surface area contributed by atoms with Crippen LogP contribution < -0.4 is 4.90 Å². The minimum atomic E-state index is 0.0716. The number of fused-ring (bicyclic) bond motifs is 1. The fourth-order valence-electron chi connectivity index (χ4n) is 3.51. The summed E-state index contributed by atoms with van der Waals surface area (Å²) in [6, 6.07) is 12.3. The summed E-state index contributed by atoms with van der Waals surface area (Å²) in [5.41, 5.74) is 3.18. The number of carbonyl (C=O) groups is 1. The van der Waals surface area contributed by atoms with Gasteiger partial charge in [0.1, 0.15) is 0 Å². The lowest BCUT2D eigenvalue weighted by Crippen LogP contribution is -2.37. The van der Waals surface area contributed by atoms with E-state index in [0.29, 0.717) is 23.1 Å². The maximum absolute atomic E-state index is 13.2. The number of anilines is 1. The highest BCUT2D eigenvalue weighted by atomic mass is 35.5. The molecule has 0 spiro atoms. The molecule has 158 valence electrons. The molecule has 1 fully saturated rings. The summed E-state index contributed by atoms with van der Waals surface area (Å²) >= 11 is 9.59. The molecule has 1 aliphatic rings. The average Bonchev–Trinajstić information content (AvgIpc) is 3.41. The molecule has 0 aliphatic carbocycles. The third-order valence-corrected chi connectivity index (χ3v) is 7.79. The van der Waals surface area contributed by atoms with Crippen molar-refractivity contribution in [2.45, 2.75) is 44.1 Å². The SMILES string of the molecule is Cc1ccc(SCCC(=O)N(CC2CCCO2)c2nc3c(C)ccc(Cl)c3s2)cc1. The predicted molar refractivity (Wildman–Crippen MR) is 127 cm³/mol. The topological polar surface area (TPSA) is 42.4 Å². The van der Waals surface area contributed by atoms with Gasteiger partial charge in [0.15, 0.2) is 5.13 Å². The van der Waals surface area contributed by atoms with Crippen molar-refractivity contribution in [2.75, 3.05) is 23.8 Å². The highest BCUT2D eigenvalue weighted by molar-refractivity contribution is 7.99. The van der Waals surface area contributed by atoms with Gasteiger partial charge in [-0.2, -0.15) is 0 Å². The first kappa shape index (κ1) is 21.6. The summed E-state index contributed by atoms with van der Waals surface area (Å²) in [6.07, 6.45) is 2.55. The molecule has 2 aromatic carbocycles. The molecule has 4 nitrogen and oxygen atoms in total. The molecule has 0 radical (unpaired) electrons. The van der Waals surface area contributed by atoms with Gasteiger partial charge < -0.3 is 4.74 Å². The molecule has 1 aliphatic heterocycles. The summed E-state index contributed by atoms with van der Waals surface area (Å²) in [4.78, 5) is 21.0. The molecule has 3 aromatic rings. The van der Waals surface area contributed by atoms with Crippen LogP contribution in [0.1, 0.15) is 30.4 Å². The van der Waals surface area contributed by atoms with Crippen molar-refractivity contribution in [1.82, 2.24) is 4.98 Å². The van der Waals surface area contributed by atoms with E-state index in [1.54, 1.807) is 11.8 Å². The van der Waals surface area contributed by atoms with Gasteiger partial charge in [-0.25, -0.2) is 4.98 Å². The molecule has 1 atom stereocenters. The second kappa shape index (κ2) is 9.69. The Bertz CT molecular complexity index is 991. The molecular formula is C23H25ClN2O2S2. The van der Waals surface area contributed by atoms with Crippen LogP contribution in [0.25, 0.3) is 10.2 Å². The molecule has 1 saturated heterocycles. The van der Waals surface area contributed by atoms with E-state index in [2.05, 4.69) is 31.2 Å². The molecule has 30 heavy (non-hydrogen) atoms. The first-order valence-corrected chi connectivity index (χ1v) is 12.4. The molecule has 1 unspecified atom stereocenters. The van der Waals surface area contributed by atoms with Crippen LogP contribution in [0.4, 0.5) is 5.13 Å². The number of thiazole rings is 1. The maximum Gasteiger partial charge on any atom is 0.229 e. The number of benzene rings is 2. The zero-order valence-corrected chi connectivity index (χ0v) is 19.6. The number of thioether (sulfide) groups is 1. The third-order valence-electron chi connectivity index (χ3n) is 5.23. The molecule has 1 aromatic heterocycles. The molecular weight excluding hydrogens is 436 g/mol. The lowest BCUT2D eigenvalue weighted by atomic mass is 10.2. The normalized spacial score (nSPS) is 16.3. The van der Waals surface area contributed by atoms with Gasteiger partial charge >= 0.3 is 0 Å². The molecule has 0 saturated carbocycles. The minimum Gasteiger partial charge on any atom is -0.376 e. The molecule has 7 heteroatoms. The van der Waals surface area contributed by atoms with Crippen molar-refractivity contribution >= 4 is 56.0 Å². The molecule has 0 bridgehead atoms. The number of hydrogen-bond acceptors (Lipinski definition) is 5. The van der Waals surface area contributed by atoms with Crippen LogP contribution in [0.5, 0.6) is 0 Å². The smallest absolute Gasteiger partial charge is 0.229 e. The number of amides is 1. The predicted octanol–water partition coefficient (Wildman–Crippen LogP) is 6.26. The van der Waals surface area contributed by atoms with Crippen LogP contribution in [0.15, 0.2) is 41.3 Å². The number of halogens is 1. The zero-order chi connectivity index (χ0) is 21.1. The van der Waals surface area contributed by atoms with E-state index in [1.165, 1.54) is 21.8 Å². The van der Waals surface area contributed by atoms with E-state index in [9.17, 15) is 4.79 Å². The Kier molecular flexibility index (Phi) is 6.98. The van der Waals surface area contributed by atoms with Crippen molar-refractivity contribution in [1.29, 1.82) is 0 Å². The van der Waals surface area contributed by atoms with Crippen molar-refractivity contribution in [3.05, 3.63) is 52.5 Å². The Balaban J connectivity index is 1.51. The quantitative estimate of drug-likeness (QED) is 0.390. The number of nitrogens with zero attached hydrogens (tertiary/aromatic N) is 2. The Morgan fingerprint density at radius 3 is 2.77 bits per heavy atom. The number of aryl methyl sites for hydroxylation is 2. The summed E-state index contributed by atoms with van der Waals surface area (Å²) in [5, 5.41) is 1.39. The second-order valence-corrected chi connectivity index (χ2v) is 10.1. The third kappa shape index (κ3) is 4.99. The Labute approximate surface area is 190 Å². The number of ether oxygens (including phenoxy) is 1. The molecule has 4 rings (SSSR count). The summed E-state index contributed by atoms with van der Waals surface area (Å²) in [5.74, 6) is 0.812.